The van der Waals surface area contributed by atoms with E-state index in [9.17, 15) is 9.59 Å². The van der Waals surface area contributed by atoms with Gasteiger partial charge >= 0.3 is 0 Å². The van der Waals surface area contributed by atoms with Crippen molar-refractivity contribution in [3.8, 4) is 0 Å². The average molecular weight is 156 g/mol. The number of carbonyl (C=O) groups is 2. The summed E-state index contributed by atoms with van der Waals surface area (Å²) in [6.07, 6.45) is 1.82. The standard InChI is InChI=1S/C6H8N2O3/c1-5(9)7-3-11-4-8-6(2)10/h3-4H,1-2H3. The highest BCUT2D eigenvalue weighted by atomic mass is 16.5. The summed E-state index contributed by atoms with van der Waals surface area (Å²) in [4.78, 5) is 26.8. The number of amides is 2. The molecule has 0 aromatic rings. The zero-order valence-corrected chi connectivity index (χ0v) is 6.27. The predicted molar refractivity (Wildman–Crippen MR) is 39.4 cm³/mol. The van der Waals surface area contributed by atoms with E-state index in [2.05, 4.69) is 14.7 Å². The maximum atomic E-state index is 10.2. The molecule has 60 valence electrons. The Morgan fingerprint density at radius 2 is 1.45 bits per heavy atom. The molecule has 2 amide bonds. The summed E-state index contributed by atoms with van der Waals surface area (Å²) in [6, 6.07) is 0. The second-order valence-electron chi connectivity index (χ2n) is 1.64. The second-order valence-corrected chi connectivity index (χ2v) is 1.64. The van der Waals surface area contributed by atoms with Crippen LogP contribution in [0.5, 0.6) is 0 Å². The van der Waals surface area contributed by atoms with Crippen molar-refractivity contribution in [2.75, 3.05) is 0 Å². The van der Waals surface area contributed by atoms with Crippen molar-refractivity contribution in [1.29, 1.82) is 0 Å². The van der Waals surface area contributed by atoms with Crippen molar-refractivity contribution in [1.82, 2.24) is 0 Å². The summed E-state index contributed by atoms with van der Waals surface area (Å²) >= 11 is 0. The Morgan fingerprint density at radius 1 is 1.09 bits per heavy atom. The monoisotopic (exact) mass is 156 g/mol. The molecule has 0 fully saturated rings. The van der Waals surface area contributed by atoms with Gasteiger partial charge in [0.1, 0.15) is 0 Å². The highest BCUT2D eigenvalue weighted by Crippen LogP contribution is 1.71. The molecule has 0 aliphatic carbocycles. The molecular formula is C6H8N2O3. The summed E-state index contributed by atoms with van der Waals surface area (Å²) < 4.78 is 4.43. The molecule has 0 radical (unpaired) electrons. The van der Waals surface area contributed by atoms with Gasteiger partial charge in [-0.1, -0.05) is 0 Å². The number of hydrogen-bond acceptors (Lipinski definition) is 3. The van der Waals surface area contributed by atoms with Gasteiger partial charge < -0.3 is 4.74 Å². The molecule has 0 bridgehead atoms. The Morgan fingerprint density at radius 3 is 1.73 bits per heavy atom. The zero-order chi connectivity index (χ0) is 8.69. The molecule has 0 aliphatic heterocycles. The Labute approximate surface area is 63.8 Å². The molecule has 5 nitrogen and oxygen atoms in total. The van der Waals surface area contributed by atoms with Gasteiger partial charge in [0.15, 0.2) is 12.8 Å². The third kappa shape index (κ3) is 8.48. The van der Waals surface area contributed by atoms with Gasteiger partial charge in [-0.25, -0.2) is 0 Å². The minimum atomic E-state index is -0.374. The van der Waals surface area contributed by atoms with Crippen molar-refractivity contribution in [3.63, 3.8) is 0 Å². The van der Waals surface area contributed by atoms with Gasteiger partial charge in [0.2, 0.25) is 11.8 Å². The molecule has 0 aromatic carbocycles. The number of carbonyl (C=O) groups excluding carboxylic acids is 2. The van der Waals surface area contributed by atoms with Crippen LogP contribution in [0.2, 0.25) is 0 Å². The first-order valence-electron chi connectivity index (χ1n) is 2.84. The third-order valence-electron chi connectivity index (χ3n) is 0.591. The SMILES string of the molecule is CC(=O)N=COC=NC(C)=O. The van der Waals surface area contributed by atoms with Crippen LogP contribution in [0.25, 0.3) is 0 Å². The van der Waals surface area contributed by atoms with Gasteiger partial charge in [-0.05, 0) is 0 Å². The molecule has 0 aromatic heterocycles. The zero-order valence-electron chi connectivity index (χ0n) is 6.27. The Balaban J connectivity index is 3.57. The first kappa shape index (κ1) is 9.48. The second kappa shape index (κ2) is 5.28. The third-order valence-corrected chi connectivity index (χ3v) is 0.591. The topological polar surface area (TPSA) is 68.1 Å². The van der Waals surface area contributed by atoms with E-state index in [-0.39, 0.29) is 11.8 Å². The molecular weight excluding hydrogens is 148 g/mol. The summed E-state index contributed by atoms with van der Waals surface area (Å²) in [5.74, 6) is -0.748. The molecule has 11 heavy (non-hydrogen) atoms. The van der Waals surface area contributed by atoms with Crippen LogP contribution >= 0.6 is 0 Å². The van der Waals surface area contributed by atoms with Crippen LogP contribution in [0.3, 0.4) is 0 Å². The lowest BCUT2D eigenvalue weighted by atomic mass is 10.8. The summed E-state index contributed by atoms with van der Waals surface area (Å²) in [7, 11) is 0. The van der Waals surface area contributed by atoms with E-state index in [4.69, 9.17) is 0 Å². The molecule has 0 aliphatic rings. The first-order chi connectivity index (χ1) is 5.13. The molecule has 0 N–H and O–H groups in total. The van der Waals surface area contributed by atoms with Crippen molar-refractivity contribution >= 4 is 24.6 Å². The van der Waals surface area contributed by atoms with Crippen molar-refractivity contribution in [3.05, 3.63) is 0 Å². The average Bonchev–Trinajstić information content (AvgIpc) is 1.85. The Hall–Kier alpha value is -1.52. The number of ether oxygens (including phenoxy) is 1. The van der Waals surface area contributed by atoms with Crippen LogP contribution in [0, 0.1) is 0 Å². The van der Waals surface area contributed by atoms with Gasteiger partial charge in [0, 0.05) is 13.8 Å². The molecule has 0 spiro atoms. The normalized spacial score (nSPS) is 10.7. The van der Waals surface area contributed by atoms with E-state index in [0.29, 0.717) is 0 Å². The Bertz CT molecular complexity index is 186. The lowest BCUT2D eigenvalue weighted by molar-refractivity contribution is -0.116. The van der Waals surface area contributed by atoms with Crippen molar-refractivity contribution < 1.29 is 14.3 Å². The van der Waals surface area contributed by atoms with E-state index in [0.717, 1.165) is 12.8 Å². The molecule has 0 saturated carbocycles. The van der Waals surface area contributed by atoms with Crippen molar-refractivity contribution in [2.24, 2.45) is 9.98 Å². The molecule has 0 unspecified atom stereocenters. The largest absolute Gasteiger partial charge is 0.434 e. The Kier molecular flexibility index (Phi) is 4.55. The maximum absolute atomic E-state index is 10.2. The van der Waals surface area contributed by atoms with Crippen molar-refractivity contribution in [2.45, 2.75) is 13.8 Å². The smallest absolute Gasteiger partial charge is 0.245 e. The molecule has 0 saturated heterocycles. The van der Waals surface area contributed by atoms with Crippen LogP contribution in [0.15, 0.2) is 9.98 Å². The fraction of sp³-hybridized carbons (Fsp3) is 0.333. The van der Waals surface area contributed by atoms with Gasteiger partial charge in [-0.15, -0.1) is 0 Å². The number of aliphatic imine (C=N–C) groups is 2. The van der Waals surface area contributed by atoms with E-state index in [1.165, 1.54) is 13.8 Å². The van der Waals surface area contributed by atoms with E-state index in [1.807, 2.05) is 0 Å². The minimum absolute atomic E-state index is 0.374. The number of nitrogens with zero attached hydrogens (tertiary/aromatic N) is 2. The lowest BCUT2D eigenvalue weighted by Gasteiger charge is -1.84. The number of hydrogen-bond donors (Lipinski definition) is 0. The fourth-order valence-corrected chi connectivity index (χ4v) is 0.237. The summed E-state index contributed by atoms with van der Waals surface area (Å²) in [5, 5.41) is 0. The molecule has 5 heteroatoms. The highest BCUT2D eigenvalue weighted by molar-refractivity contribution is 5.85. The van der Waals surface area contributed by atoms with Gasteiger partial charge in [0.25, 0.3) is 0 Å². The van der Waals surface area contributed by atoms with Crippen LogP contribution in [-0.2, 0) is 14.3 Å². The predicted octanol–water partition coefficient (Wildman–Crippen LogP) is 0.153. The van der Waals surface area contributed by atoms with E-state index >= 15 is 0 Å². The maximum Gasteiger partial charge on any atom is 0.245 e. The van der Waals surface area contributed by atoms with E-state index in [1.54, 1.807) is 0 Å². The first-order valence-corrected chi connectivity index (χ1v) is 2.84. The van der Waals surface area contributed by atoms with Gasteiger partial charge in [-0.2, -0.15) is 9.98 Å². The lowest BCUT2D eigenvalue weighted by Crippen LogP contribution is -1.91. The van der Waals surface area contributed by atoms with Crippen LogP contribution < -0.4 is 0 Å². The van der Waals surface area contributed by atoms with Gasteiger partial charge in [-0.3, -0.25) is 9.59 Å². The van der Waals surface area contributed by atoms with Gasteiger partial charge in [0.05, 0.1) is 0 Å². The number of rotatable bonds is 2. The van der Waals surface area contributed by atoms with Crippen LogP contribution in [-0.4, -0.2) is 24.6 Å². The molecule has 0 heterocycles. The minimum Gasteiger partial charge on any atom is -0.434 e. The quantitative estimate of drug-likeness (QED) is 0.422. The summed E-state index contributed by atoms with van der Waals surface area (Å²) in [5.41, 5.74) is 0. The molecule has 0 rings (SSSR count). The molecule has 0 atom stereocenters. The fourth-order valence-electron chi connectivity index (χ4n) is 0.237. The van der Waals surface area contributed by atoms with Crippen LogP contribution in [0.4, 0.5) is 0 Å². The highest BCUT2D eigenvalue weighted by Gasteiger charge is 1.82. The summed E-state index contributed by atoms with van der Waals surface area (Å²) in [6.45, 7) is 2.56. The van der Waals surface area contributed by atoms with Crippen LogP contribution in [0.1, 0.15) is 13.8 Å². The van der Waals surface area contributed by atoms with E-state index < -0.39 is 0 Å².